The molecule has 5 nitrogen and oxygen atoms in total. The van der Waals surface area contributed by atoms with Gasteiger partial charge in [-0.2, -0.15) is 11.8 Å². The van der Waals surface area contributed by atoms with Gasteiger partial charge in [-0.05, 0) is 37.9 Å². The Morgan fingerprint density at radius 1 is 1.42 bits per heavy atom. The highest BCUT2D eigenvalue weighted by atomic mass is 32.2. The zero-order valence-corrected chi connectivity index (χ0v) is 13.1. The standard InChI is InChI=1S/C12H21N3O2S2/c1-4-9(8-18-3)15-12-7-10(5-6-11(12)13)19(16,17)14-2/h5-7,9,14-15H,4,8,13H2,1-3H3. The highest BCUT2D eigenvalue weighted by Crippen LogP contribution is 2.24. The number of sulfonamides is 1. The first-order chi connectivity index (χ1) is 8.94. The number of nitrogens with two attached hydrogens (primary N) is 1. The van der Waals surface area contributed by atoms with E-state index in [0.717, 1.165) is 12.2 Å². The first kappa shape index (κ1) is 16.1. The quantitative estimate of drug-likeness (QED) is 0.668. The van der Waals surface area contributed by atoms with Crippen molar-refractivity contribution in [2.75, 3.05) is 30.1 Å². The molecule has 0 radical (unpaired) electrons. The molecule has 1 atom stereocenters. The monoisotopic (exact) mass is 303 g/mol. The predicted octanol–water partition coefficient (Wildman–Crippen LogP) is 1.73. The number of nitrogens with one attached hydrogen (secondary N) is 2. The highest BCUT2D eigenvalue weighted by molar-refractivity contribution is 7.98. The van der Waals surface area contributed by atoms with Gasteiger partial charge in [-0.15, -0.1) is 0 Å². The van der Waals surface area contributed by atoms with Gasteiger partial charge in [0.25, 0.3) is 0 Å². The lowest BCUT2D eigenvalue weighted by Gasteiger charge is -2.19. The molecule has 1 unspecified atom stereocenters. The van der Waals surface area contributed by atoms with Gasteiger partial charge in [0.1, 0.15) is 0 Å². The fourth-order valence-corrected chi connectivity index (χ4v) is 3.11. The average molecular weight is 303 g/mol. The third-order valence-electron chi connectivity index (χ3n) is 2.82. The minimum Gasteiger partial charge on any atom is -0.397 e. The first-order valence-electron chi connectivity index (χ1n) is 6.03. The first-order valence-corrected chi connectivity index (χ1v) is 8.90. The minimum absolute atomic E-state index is 0.214. The van der Waals surface area contributed by atoms with Gasteiger partial charge in [0.2, 0.25) is 10.0 Å². The van der Waals surface area contributed by atoms with E-state index >= 15 is 0 Å². The molecular formula is C12H21N3O2S2. The summed E-state index contributed by atoms with van der Waals surface area (Å²) in [5.41, 5.74) is 7.10. The molecule has 0 fully saturated rings. The Bertz CT molecular complexity index is 518. The summed E-state index contributed by atoms with van der Waals surface area (Å²) in [6.07, 6.45) is 2.98. The highest BCUT2D eigenvalue weighted by Gasteiger charge is 2.14. The van der Waals surface area contributed by atoms with Crippen LogP contribution < -0.4 is 15.8 Å². The lowest BCUT2D eigenvalue weighted by atomic mass is 10.2. The summed E-state index contributed by atoms with van der Waals surface area (Å²) in [6, 6.07) is 4.95. The van der Waals surface area contributed by atoms with E-state index in [2.05, 4.69) is 17.0 Å². The maximum atomic E-state index is 11.8. The summed E-state index contributed by atoms with van der Waals surface area (Å²) in [6.45, 7) is 2.08. The van der Waals surface area contributed by atoms with Crippen molar-refractivity contribution in [2.45, 2.75) is 24.3 Å². The molecule has 1 aromatic rings. The second kappa shape index (κ2) is 7.02. The van der Waals surface area contributed by atoms with Crippen LogP contribution in [0.1, 0.15) is 13.3 Å². The second-order valence-corrected chi connectivity index (χ2v) is 6.96. The van der Waals surface area contributed by atoms with Gasteiger partial charge in [0, 0.05) is 11.8 Å². The molecule has 108 valence electrons. The fraction of sp³-hybridized carbons (Fsp3) is 0.500. The van der Waals surface area contributed by atoms with Crippen LogP contribution in [0.4, 0.5) is 11.4 Å². The smallest absolute Gasteiger partial charge is 0.240 e. The third kappa shape index (κ3) is 4.29. The molecule has 0 aliphatic carbocycles. The molecule has 0 aromatic heterocycles. The van der Waals surface area contributed by atoms with Crippen molar-refractivity contribution in [3.63, 3.8) is 0 Å². The third-order valence-corrected chi connectivity index (χ3v) is 4.97. The van der Waals surface area contributed by atoms with E-state index in [9.17, 15) is 8.42 Å². The van der Waals surface area contributed by atoms with Gasteiger partial charge in [-0.25, -0.2) is 13.1 Å². The second-order valence-electron chi connectivity index (χ2n) is 4.16. The fourth-order valence-electron chi connectivity index (χ4n) is 1.63. The van der Waals surface area contributed by atoms with E-state index in [1.807, 2.05) is 6.26 Å². The maximum Gasteiger partial charge on any atom is 0.240 e. The van der Waals surface area contributed by atoms with Crippen LogP contribution in [0.3, 0.4) is 0 Å². The number of hydrogen-bond donors (Lipinski definition) is 3. The van der Waals surface area contributed by atoms with Crippen LogP contribution in [0.25, 0.3) is 0 Å². The zero-order chi connectivity index (χ0) is 14.5. The molecule has 19 heavy (non-hydrogen) atoms. The summed E-state index contributed by atoms with van der Waals surface area (Å²) in [4.78, 5) is 0.214. The largest absolute Gasteiger partial charge is 0.397 e. The van der Waals surface area contributed by atoms with Crippen molar-refractivity contribution in [3.8, 4) is 0 Å². The van der Waals surface area contributed by atoms with Gasteiger partial charge in [0.05, 0.1) is 16.3 Å². The van der Waals surface area contributed by atoms with Crippen molar-refractivity contribution in [1.29, 1.82) is 0 Å². The van der Waals surface area contributed by atoms with Gasteiger partial charge in [-0.1, -0.05) is 6.92 Å². The van der Waals surface area contributed by atoms with E-state index in [0.29, 0.717) is 11.4 Å². The van der Waals surface area contributed by atoms with Crippen molar-refractivity contribution in [2.24, 2.45) is 0 Å². The number of thioether (sulfide) groups is 1. The molecule has 0 spiro atoms. The molecule has 0 aliphatic rings. The van der Waals surface area contributed by atoms with Crippen LogP contribution in [0.5, 0.6) is 0 Å². The molecule has 7 heteroatoms. The molecular weight excluding hydrogens is 282 g/mol. The van der Waals surface area contributed by atoms with Gasteiger partial charge in [0.15, 0.2) is 0 Å². The molecule has 0 saturated carbocycles. The van der Waals surface area contributed by atoms with E-state index in [-0.39, 0.29) is 10.9 Å². The van der Waals surface area contributed by atoms with E-state index in [4.69, 9.17) is 5.73 Å². The SMILES string of the molecule is CCC(CSC)Nc1cc(S(=O)(=O)NC)ccc1N. The Morgan fingerprint density at radius 2 is 2.11 bits per heavy atom. The lowest BCUT2D eigenvalue weighted by Crippen LogP contribution is -2.23. The van der Waals surface area contributed by atoms with Crippen LogP contribution >= 0.6 is 11.8 Å². The maximum absolute atomic E-state index is 11.8. The van der Waals surface area contributed by atoms with Crippen LogP contribution in [-0.2, 0) is 10.0 Å². The number of nitrogen functional groups attached to an aromatic ring is 1. The summed E-state index contributed by atoms with van der Waals surface area (Å²) in [5, 5.41) is 3.30. The molecule has 0 amide bonds. The molecule has 0 aliphatic heterocycles. The predicted molar refractivity (Wildman–Crippen MR) is 83.2 cm³/mol. The summed E-state index contributed by atoms with van der Waals surface area (Å²) < 4.78 is 25.8. The Kier molecular flexibility index (Phi) is 5.96. The molecule has 1 aromatic carbocycles. The van der Waals surface area contributed by atoms with Gasteiger partial charge in [-0.3, -0.25) is 0 Å². The number of hydrogen-bond acceptors (Lipinski definition) is 5. The zero-order valence-electron chi connectivity index (χ0n) is 11.4. The topological polar surface area (TPSA) is 84.2 Å². The van der Waals surface area contributed by atoms with Crippen molar-refractivity contribution < 1.29 is 8.42 Å². The molecule has 4 N–H and O–H groups in total. The minimum atomic E-state index is -3.44. The van der Waals surface area contributed by atoms with E-state index in [1.165, 1.54) is 13.1 Å². The summed E-state index contributed by atoms with van der Waals surface area (Å²) in [7, 11) is -2.05. The average Bonchev–Trinajstić information content (AvgIpc) is 2.40. The number of benzene rings is 1. The molecule has 1 rings (SSSR count). The van der Waals surface area contributed by atoms with Gasteiger partial charge >= 0.3 is 0 Å². The number of anilines is 2. The van der Waals surface area contributed by atoms with E-state index < -0.39 is 10.0 Å². The Balaban J connectivity index is 3.04. The molecule has 0 heterocycles. The number of rotatable bonds is 7. The van der Waals surface area contributed by atoms with Crippen molar-refractivity contribution in [1.82, 2.24) is 4.72 Å². The van der Waals surface area contributed by atoms with Crippen molar-refractivity contribution >= 4 is 33.2 Å². The normalized spacial score (nSPS) is 13.2. The van der Waals surface area contributed by atoms with Gasteiger partial charge < -0.3 is 11.1 Å². The van der Waals surface area contributed by atoms with Crippen LogP contribution in [0.2, 0.25) is 0 Å². The summed E-state index contributed by atoms with van der Waals surface area (Å²) >= 11 is 1.74. The van der Waals surface area contributed by atoms with E-state index in [1.54, 1.807) is 23.9 Å². The van der Waals surface area contributed by atoms with Crippen LogP contribution in [0, 0.1) is 0 Å². The Morgan fingerprint density at radius 3 is 2.63 bits per heavy atom. The van der Waals surface area contributed by atoms with Crippen molar-refractivity contribution in [3.05, 3.63) is 18.2 Å². The van der Waals surface area contributed by atoms with Crippen LogP contribution in [0.15, 0.2) is 23.1 Å². The molecule has 0 bridgehead atoms. The van der Waals surface area contributed by atoms with Crippen LogP contribution in [-0.4, -0.2) is 33.5 Å². The lowest BCUT2D eigenvalue weighted by molar-refractivity contribution is 0.588. The molecule has 0 saturated heterocycles. The summed E-state index contributed by atoms with van der Waals surface area (Å²) in [5.74, 6) is 0.943. The Labute approximate surface area is 119 Å². The Hall–Kier alpha value is -0.920.